The average Bonchev–Trinajstić information content (AvgIpc) is 3.56. The smallest absolute Gasteiger partial charge is 0.283 e. The van der Waals surface area contributed by atoms with Gasteiger partial charge in [-0.1, -0.05) is 103 Å². The number of para-hydroxylation sites is 4. The van der Waals surface area contributed by atoms with E-state index < -0.39 is 11.1 Å². The van der Waals surface area contributed by atoms with E-state index in [0.717, 1.165) is 5.56 Å². The van der Waals surface area contributed by atoms with Gasteiger partial charge in [0, 0.05) is 5.57 Å². The second-order valence-corrected chi connectivity index (χ2v) is 11.1. The zero-order valence-corrected chi connectivity index (χ0v) is 26.2. The normalized spacial score (nSPS) is 11.0. The van der Waals surface area contributed by atoms with Crippen molar-refractivity contribution in [2.45, 2.75) is 0 Å². The summed E-state index contributed by atoms with van der Waals surface area (Å²) in [7, 11) is 0. The molecule has 0 saturated heterocycles. The molecule has 2 heterocycles. The number of allylic oxidation sites excluding steroid dienone is 2. The quantitative estimate of drug-likeness (QED) is 0.134. The highest BCUT2D eigenvalue weighted by atomic mass is 16.3. The van der Waals surface area contributed by atoms with Crippen LogP contribution in [-0.2, 0) is 0 Å². The van der Waals surface area contributed by atoms with Crippen molar-refractivity contribution in [3.8, 4) is 34.5 Å². The molecule has 0 amide bonds. The van der Waals surface area contributed by atoms with E-state index in [-0.39, 0.29) is 22.9 Å². The Bertz CT molecular complexity index is 2450. The zero-order valence-electron chi connectivity index (χ0n) is 26.2. The first-order valence-electron chi connectivity index (χ1n) is 15.6. The molecule has 0 bridgehead atoms. The Morgan fingerprint density at radius 3 is 1.24 bits per heavy atom. The van der Waals surface area contributed by atoms with E-state index in [1.54, 1.807) is 54.6 Å². The highest BCUT2D eigenvalue weighted by Crippen LogP contribution is 2.27. The van der Waals surface area contributed by atoms with Crippen LogP contribution >= 0.6 is 0 Å². The molecule has 0 aliphatic carbocycles. The molecule has 0 saturated carbocycles. The molecule has 5 aromatic carbocycles. The summed E-state index contributed by atoms with van der Waals surface area (Å²) < 4.78 is 5.75. The van der Waals surface area contributed by atoms with Crippen LogP contribution in [0.25, 0.3) is 40.5 Å². The van der Waals surface area contributed by atoms with Crippen LogP contribution in [0.1, 0.15) is 16.7 Å². The van der Waals surface area contributed by atoms with Gasteiger partial charge in [0.25, 0.3) is 11.1 Å². The molecule has 238 valence electrons. The largest absolute Gasteiger partial charge is 0.493 e. The third-order valence-corrected chi connectivity index (χ3v) is 8.01. The number of rotatable bonds is 8. The number of hydrogen-bond acceptors (Lipinski definition) is 4. The minimum absolute atomic E-state index is 0.0269. The minimum atomic E-state index is -0.445. The Morgan fingerprint density at radius 2 is 0.816 bits per heavy atom. The number of aromatic hydroxyl groups is 2. The summed E-state index contributed by atoms with van der Waals surface area (Å²) >= 11 is 0. The summed E-state index contributed by atoms with van der Waals surface area (Å²) in [6, 6.07) is 45.8. The van der Waals surface area contributed by atoms with E-state index in [2.05, 4.69) is 5.73 Å². The molecule has 0 spiro atoms. The number of nitrogens with zero attached hydrogens (tertiary/aromatic N) is 4. The summed E-state index contributed by atoms with van der Waals surface area (Å²) in [5.74, 6) is -0.497. The van der Waals surface area contributed by atoms with E-state index in [1.807, 2.05) is 103 Å². The molecule has 2 N–H and O–H groups in total. The highest BCUT2D eigenvalue weighted by Gasteiger charge is 2.22. The first-order valence-corrected chi connectivity index (χ1v) is 15.6. The first kappa shape index (κ1) is 30.6. The molecule has 0 fully saturated rings. The minimum Gasteiger partial charge on any atom is -0.493 e. The fourth-order valence-corrected chi connectivity index (χ4v) is 5.67. The predicted octanol–water partition coefficient (Wildman–Crippen LogP) is 7.39. The van der Waals surface area contributed by atoms with Crippen LogP contribution in [0, 0.1) is 0 Å². The van der Waals surface area contributed by atoms with Crippen LogP contribution in [0.5, 0.6) is 11.8 Å². The third kappa shape index (κ3) is 5.87. The van der Waals surface area contributed by atoms with E-state index in [0.29, 0.717) is 28.3 Å². The van der Waals surface area contributed by atoms with Gasteiger partial charge in [-0.05, 0) is 72.3 Å². The molecule has 8 nitrogen and oxygen atoms in total. The first-order chi connectivity index (χ1) is 24.0. The molecule has 2 aromatic heterocycles. The summed E-state index contributed by atoms with van der Waals surface area (Å²) in [5, 5.41) is 23.0. The predicted molar refractivity (Wildman–Crippen MR) is 193 cm³/mol. The maximum atomic E-state index is 13.9. The van der Waals surface area contributed by atoms with E-state index in [1.165, 1.54) is 30.9 Å². The van der Waals surface area contributed by atoms with Gasteiger partial charge >= 0.3 is 0 Å². The highest BCUT2D eigenvalue weighted by molar-refractivity contribution is 5.81. The van der Waals surface area contributed by atoms with Gasteiger partial charge in [0.2, 0.25) is 11.8 Å². The molecule has 0 unspecified atom stereocenters. The van der Waals surface area contributed by atoms with Crippen molar-refractivity contribution in [2.24, 2.45) is 0 Å². The molecular formula is C41H30N4O4. The average molecular weight is 643 g/mol. The maximum absolute atomic E-state index is 13.9. The Hall–Kier alpha value is -7.02. The van der Waals surface area contributed by atoms with Crippen molar-refractivity contribution in [3.63, 3.8) is 0 Å². The molecule has 7 aromatic rings. The molecule has 0 atom stereocenters. The van der Waals surface area contributed by atoms with Crippen molar-refractivity contribution in [3.05, 3.63) is 201 Å². The van der Waals surface area contributed by atoms with Crippen LogP contribution in [0.3, 0.4) is 0 Å². The standard InChI is InChI=1S/C41H30N4O4/c46-38-36(39(47)43(33-20-10-3-11-21-33)42(38)32-18-8-2-9-19-32)28-26-31(30-16-6-1-7-17-30)27-29-37-40(48)44(34-22-12-4-13-23-34)45(41(37)49)35-24-14-5-15-25-35/h1-26,28-29,46,48H. The molecule has 0 radical (unpaired) electrons. The van der Waals surface area contributed by atoms with Gasteiger partial charge in [0.1, 0.15) is 11.1 Å². The Balaban J connectivity index is 1.41. The van der Waals surface area contributed by atoms with Gasteiger partial charge in [-0.3, -0.25) is 9.59 Å². The summed E-state index contributed by atoms with van der Waals surface area (Å²) in [4.78, 5) is 27.8. The number of hydrogen-bond donors (Lipinski definition) is 2. The lowest BCUT2D eigenvalue weighted by molar-refractivity contribution is 0.424. The second-order valence-electron chi connectivity index (χ2n) is 11.1. The van der Waals surface area contributed by atoms with Crippen molar-refractivity contribution < 1.29 is 10.2 Å². The van der Waals surface area contributed by atoms with Gasteiger partial charge in [-0.2, -0.15) is 0 Å². The lowest BCUT2D eigenvalue weighted by atomic mass is 10.1. The van der Waals surface area contributed by atoms with Gasteiger partial charge in [-0.15, -0.1) is 5.73 Å². The van der Waals surface area contributed by atoms with Crippen molar-refractivity contribution in [2.75, 3.05) is 0 Å². The Morgan fingerprint density at radius 1 is 0.469 bits per heavy atom. The van der Waals surface area contributed by atoms with Crippen LogP contribution in [0.4, 0.5) is 0 Å². The van der Waals surface area contributed by atoms with Gasteiger partial charge in [-0.25, -0.2) is 18.7 Å². The Labute approximate surface area is 281 Å². The molecule has 8 heteroatoms. The van der Waals surface area contributed by atoms with Crippen LogP contribution in [-0.4, -0.2) is 28.9 Å². The summed E-state index contributed by atoms with van der Waals surface area (Å²) in [6.07, 6.45) is 4.64. The van der Waals surface area contributed by atoms with E-state index in [4.69, 9.17) is 0 Å². The number of benzene rings is 5. The lowest BCUT2D eigenvalue weighted by Crippen LogP contribution is -2.21. The van der Waals surface area contributed by atoms with Crippen molar-refractivity contribution >= 4 is 17.7 Å². The molecule has 0 aliphatic heterocycles. The fourth-order valence-electron chi connectivity index (χ4n) is 5.67. The van der Waals surface area contributed by atoms with Crippen molar-refractivity contribution in [1.82, 2.24) is 18.7 Å². The summed E-state index contributed by atoms with van der Waals surface area (Å²) in [5.41, 5.74) is 6.02. The second kappa shape index (κ2) is 13.4. The lowest BCUT2D eigenvalue weighted by Gasteiger charge is -2.12. The monoisotopic (exact) mass is 642 g/mol. The maximum Gasteiger partial charge on any atom is 0.283 e. The van der Waals surface area contributed by atoms with Gasteiger partial charge in [0.15, 0.2) is 0 Å². The molecule has 0 aliphatic rings. The fraction of sp³-hybridized carbons (Fsp3) is 0. The molecular weight excluding hydrogens is 612 g/mol. The molecule has 49 heavy (non-hydrogen) atoms. The SMILES string of the molecule is O=c1c(C=C=C(C=Cc2c(O)n(-c3ccccc3)n(-c3ccccc3)c2=O)c2ccccc2)c(O)n(-c2ccccc2)n1-c1ccccc1. The van der Waals surface area contributed by atoms with Gasteiger partial charge < -0.3 is 10.2 Å². The van der Waals surface area contributed by atoms with E-state index in [9.17, 15) is 19.8 Å². The Kier molecular flexibility index (Phi) is 8.36. The van der Waals surface area contributed by atoms with E-state index >= 15 is 0 Å². The molecule has 7 rings (SSSR count). The number of aromatic nitrogens is 4. The van der Waals surface area contributed by atoms with Crippen LogP contribution in [0.2, 0.25) is 0 Å². The third-order valence-electron chi connectivity index (χ3n) is 8.01. The van der Waals surface area contributed by atoms with Gasteiger partial charge in [0.05, 0.1) is 22.7 Å². The van der Waals surface area contributed by atoms with Crippen LogP contribution in [0.15, 0.2) is 173 Å². The summed E-state index contributed by atoms with van der Waals surface area (Å²) in [6.45, 7) is 0. The zero-order chi connectivity index (χ0) is 33.7. The van der Waals surface area contributed by atoms with Crippen LogP contribution < -0.4 is 11.1 Å². The van der Waals surface area contributed by atoms with Crippen molar-refractivity contribution in [1.29, 1.82) is 0 Å². The topological polar surface area (TPSA) is 94.3 Å².